The molecule has 22 heavy (non-hydrogen) atoms. The zero-order valence-electron chi connectivity index (χ0n) is 12.0. The van der Waals surface area contributed by atoms with Crippen molar-refractivity contribution in [2.24, 2.45) is 5.14 Å². The highest BCUT2D eigenvalue weighted by Gasteiger charge is 2.06. The molecule has 0 aliphatic rings. The number of hydrogen-bond donors (Lipinski definition) is 3. The Bertz CT molecular complexity index is 656. The van der Waals surface area contributed by atoms with Crippen LogP contribution in [-0.4, -0.2) is 26.8 Å². The van der Waals surface area contributed by atoms with E-state index in [0.29, 0.717) is 5.56 Å². The zero-order valence-corrected chi connectivity index (χ0v) is 12.9. The number of nitrogens with one attached hydrogen (secondary N) is 2. The van der Waals surface area contributed by atoms with Gasteiger partial charge in [0.15, 0.2) is 0 Å². The second kappa shape index (κ2) is 8.30. The Morgan fingerprint density at radius 1 is 1.23 bits per heavy atom. The van der Waals surface area contributed by atoms with Crippen LogP contribution in [0.25, 0.3) is 0 Å². The molecule has 0 unspecified atom stereocenters. The molecule has 120 valence electrons. The summed E-state index contributed by atoms with van der Waals surface area (Å²) in [4.78, 5) is 22.5. The summed E-state index contributed by atoms with van der Waals surface area (Å²) < 4.78 is 22.1. The van der Waals surface area contributed by atoms with Gasteiger partial charge >= 0.3 is 0 Å². The lowest BCUT2D eigenvalue weighted by Gasteiger charge is -2.07. The number of carbonyl (C=O) groups excluding carboxylic acids is 2. The summed E-state index contributed by atoms with van der Waals surface area (Å²) in [5.41, 5.74) is 1.33. The molecule has 0 aliphatic carbocycles. The highest BCUT2D eigenvalue weighted by molar-refractivity contribution is 7.88. The Morgan fingerprint density at radius 2 is 1.91 bits per heavy atom. The molecular formula is C14H19N3O4S. The van der Waals surface area contributed by atoms with Crippen LogP contribution < -0.4 is 15.8 Å². The highest BCUT2D eigenvalue weighted by Crippen LogP contribution is 2.07. The van der Waals surface area contributed by atoms with Gasteiger partial charge in [0.25, 0.3) is 0 Å². The summed E-state index contributed by atoms with van der Waals surface area (Å²) >= 11 is 0. The summed E-state index contributed by atoms with van der Waals surface area (Å²) in [5.74, 6) is -0.799. The summed E-state index contributed by atoms with van der Waals surface area (Å²) in [7, 11) is -3.58. The number of sulfonamides is 1. The molecule has 0 spiro atoms. The van der Waals surface area contributed by atoms with E-state index in [1.165, 1.54) is 0 Å². The third-order valence-electron chi connectivity index (χ3n) is 2.69. The van der Waals surface area contributed by atoms with Crippen molar-refractivity contribution in [3.05, 3.63) is 48.0 Å². The minimum Gasteiger partial charge on any atom is -0.352 e. The molecular weight excluding hydrogens is 306 g/mol. The molecule has 1 rings (SSSR count). The van der Waals surface area contributed by atoms with Gasteiger partial charge in [-0.2, -0.15) is 0 Å². The lowest BCUT2D eigenvalue weighted by Crippen LogP contribution is -2.29. The Kier molecular flexibility index (Phi) is 6.74. The van der Waals surface area contributed by atoms with Gasteiger partial charge in [-0.1, -0.05) is 30.8 Å². The minimum absolute atomic E-state index is 0.149. The molecule has 0 saturated heterocycles. The fourth-order valence-electron chi connectivity index (χ4n) is 1.72. The second-order valence-electron chi connectivity index (χ2n) is 4.65. The third-order valence-corrected chi connectivity index (χ3v) is 3.42. The molecule has 0 saturated carbocycles. The standard InChI is InChI=1S/C14H19N3O4S/c1-2-13(18)16-7-6-14(19)17-9-11-4-3-5-12(8-11)10-22(15,20)21/h2-5,8H,1,6-7,9-10H2,(H,16,18)(H,17,19)(H2,15,20,21). The number of benzene rings is 1. The van der Waals surface area contributed by atoms with E-state index in [1.54, 1.807) is 24.3 Å². The molecule has 1 aromatic carbocycles. The number of carbonyl (C=O) groups is 2. The first-order valence-corrected chi connectivity index (χ1v) is 8.27. The van der Waals surface area contributed by atoms with Crippen LogP contribution >= 0.6 is 0 Å². The van der Waals surface area contributed by atoms with Crippen LogP contribution in [-0.2, 0) is 31.9 Å². The van der Waals surface area contributed by atoms with E-state index >= 15 is 0 Å². The van der Waals surface area contributed by atoms with Gasteiger partial charge < -0.3 is 10.6 Å². The quantitative estimate of drug-likeness (QED) is 0.573. The summed E-state index contributed by atoms with van der Waals surface area (Å²) in [5, 5.41) is 10.2. The zero-order chi connectivity index (χ0) is 16.6. The Hall–Kier alpha value is -2.19. The van der Waals surface area contributed by atoms with Crippen molar-refractivity contribution in [3.8, 4) is 0 Å². The van der Waals surface area contributed by atoms with Gasteiger partial charge in [0.05, 0.1) is 5.75 Å². The topological polar surface area (TPSA) is 118 Å². The number of rotatable bonds is 8. The first-order chi connectivity index (χ1) is 10.3. The van der Waals surface area contributed by atoms with Gasteiger partial charge in [0.2, 0.25) is 21.8 Å². The molecule has 7 nitrogen and oxygen atoms in total. The van der Waals surface area contributed by atoms with Gasteiger partial charge in [-0.05, 0) is 17.2 Å². The minimum atomic E-state index is -3.58. The molecule has 8 heteroatoms. The van der Waals surface area contributed by atoms with Crippen LogP contribution in [0.5, 0.6) is 0 Å². The van der Waals surface area contributed by atoms with E-state index in [9.17, 15) is 18.0 Å². The number of nitrogens with two attached hydrogens (primary N) is 1. The smallest absolute Gasteiger partial charge is 0.243 e. The van der Waals surface area contributed by atoms with E-state index < -0.39 is 10.0 Å². The van der Waals surface area contributed by atoms with Crippen molar-refractivity contribution in [2.75, 3.05) is 6.54 Å². The number of primary sulfonamides is 1. The van der Waals surface area contributed by atoms with Crippen LogP contribution in [0.2, 0.25) is 0 Å². The van der Waals surface area contributed by atoms with E-state index in [2.05, 4.69) is 17.2 Å². The molecule has 0 heterocycles. The van der Waals surface area contributed by atoms with Gasteiger partial charge in [0.1, 0.15) is 0 Å². The fraction of sp³-hybridized carbons (Fsp3) is 0.286. The predicted molar refractivity (Wildman–Crippen MR) is 82.9 cm³/mol. The average Bonchev–Trinajstić information content (AvgIpc) is 2.43. The largest absolute Gasteiger partial charge is 0.352 e. The third kappa shape index (κ3) is 7.55. The fourth-order valence-corrected chi connectivity index (χ4v) is 2.37. The SMILES string of the molecule is C=CC(=O)NCCC(=O)NCc1cccc(CS(N)(=O)=O)c1. The van der Waals surface area contributed by atoms with Gasteiger partial charge in [-0.15, -0.1) is 0 Å². The molecule has 0 fully saturated rings. The summed E-state index contributed by atoms with van der Waals surface area (Å²) in [6, 6.07) is 6.80. The number of hydrogen-bond acceptors (Lipinski definition) is 4. The van der Waals surface area contributed by atoms with Gasteiger partial charge in [-0.3, -0.25) is 9.59 Å². The average molecular weight is 325 g/mol. The van der Waals surface area contributed by atoms with Crippen molar-refractivity contribution in [1.29, 1.82) is 0 Å². The van der Waals surface area contributed by atoms with Gasteiger partial charge in [-0.25, -0.2) is 13.6 Å². The Morgan fingerprint density at radius 3 is 2.55 bits per heavy atom. The van der Waals surface area contributed by atoms with Crippen molar-refractivity contribution in [3.63, 3.8) is 0 Å². The van der Waals surface area contributed by atoms with Crippen LogP contribution in [0.4, 0.5) is 0 Å². The summed E-state index contributed by atoms with van der Waals surface area (Å²) in [6.45, 7) is 3.80. The summed E-state index contributed by atoms with van der Waals surface area (Å²) in [6.07, 6.45) is 1.28. The normalized spacial score (nSPS) is 10.8. The van der Waals surface area contributed by atoms with E-state index in [1.807, 2.05) is 0 Å². The monoisotopic (exact) mass is 325 g/mol. The first kappa shape index (κ1) is 17.9. The molecule has 0 atom stereocenters. The lowest BCUT2D eigenvalue weighted by molar-refractivity contribution is -0.121. The van der Waals surface area contributed by atoms with E-state index in [0.717, 1.165) is 11.6 Å². The molecule has 2 amide bonds. The maximum atomic E-state index is 11.6. The second-order valence-corrected chi connectivity index (χ2v) is 6.26. The Labute approximate surface area is 129 Å². The molecule has 0 bridgehead atoms. The molecule has 0 radical (unpaired) electrons. The van der Waals surface area contributed by atoms with Crippen molar-refractivity contribution in [2.45, 2.75) is 18.7 Å². The van der Waals surface area contributed by atoms with E-state index in [-0.39, 0.29) is 37.1 Å². The molecule has 0 aromatic heterocycles. The maximum Gasteiger partial charge on any atom is 0.243 e. The lowest BCUT2D eigenvalue weighted by atomic mass is 10.1. The van der Waals surface area contributed by atoms with Crippen LogP contribution in [0, 0.1) is 0 Å². The molecule has 0 aliphatic heterocycles. The Balaban J connectivity index is 2.44. The van der Waals surface area contributed by atoms with Crippen molar-refractivity contribution < 1.29 is 18.0 Å². The van der Waals surface area contributed by atoms with Crippen molar-refractivity contribution >= 4 is 21.8 Å². The highest BCUT2D eigenvalue weighted by atomic mass is 32.2. The maximum absolute atomic E-state index is 11.6. The molecule has 4 N–H and O–H groups in total. The first-order valence-electron chi connectivity index (χ1n) is 6.55. The van der Waals surface area contributed by atoms with E-state index in [4.69, 9.17) is 5.14 Å². The van der Waals surface area contributed by atoms with Crippen LogP contribution in [0.3, 0.4) is 0 Å². The van der Waals surface area contributed by atoms with Crippen molar-refractivity contribution in [1.82, 2.24) is 10.6 Å². The van der Waals surface area contributed by atoms with Crippen LogP contribution in [0.15, 0.2) is 36.9 Å². The van der Waals surface area contributed by atoms with Crippen LogP contribution in [0.1, 0.15) is 17.5 Å². The number of amides is 2. The molecule has 1 aromatic rings. The van der Waals surface area contributed by atoms with Gasteiger partial charge in [0, 0.05) is 19.5 Å². The predicted octanol–water partition coefficient (Wildman–Crippen LogP) is -0.216.